The van der Waals surface area contributed by atoms with Gasteiger partial charge >= 0.3 is 0 Å². The average molecular weight is 276 g/mol. The van der Waals surface area contributed by atoms with Gasteiger partial charge in [-0.2, -0.15) is 0 Å². The van der Waals surface area contributed by atoms with E-state index >= 15 is 0 Å². The standard InChI is InChI=1S/C12H22BrNO/c1-9(2)10-5-3-4-6-11(10)14-12(15)7-8-13/h9-11H,3-8H2,1-2H3,(H,14,15). The highest BCUT2D eigenvalue weighted by atomic mass is 79.9. The maximum Gasteiger partial charge on any atom is 0.221 e. The Morgan fingerprint density at radius 3 is 2.67 bits per heavy atom. The summed E-state index contributed by atoms with van der Waals surface area (Å²) in [4.78, 5) is 11.5. The number of carbonyl (C=O) groups excluding carboxylic acids is 1. The van der Waals surface area contributed by atoms with Gasteiger partial charge in [0, 0.05) is 17.8 Å². The second-order valence-corrected chi connectivity index (χ2v) is 5.60. The van der Waals surface area contributed by atoms with E-state index in [0.717, 1.165) is 11.8 Å². The van der Waals surface area contributed by atoms with Gasteiger partial charge < -0.3 is 5.32 Å². The molecule has 0 aliphatic heterocycles. The molecule has 2 unspecified atom stereocenters. The number of halogens is 1. The van der Waals surface area contributed by atoms with Crippen LogP contribution >= 0.6 is 15.9 Å². The molecule has 1 saturated carbocycles. The lowest BCUT2D eigenvalue weighted by atomic mass is 9.78. The van der Waals surface area contributed by atoms with E-state index < -0.39 is 0 Å². The molecule has 1 rings (SSSR count). The van der Waals surface area contributed by atoms with Gasteiger partial charge in [0.25, 0.3) is 0 Å². The third-order valence-electron chi connectivity index (χ3n) is 3.34. The molecule has 3 heteroatoms. The van der Waals surface area contributed by atoms with Crippen LogP contribution in [0.1, 0.15) is 46.0 Å². The van der Waals surface area contributed by atoms with E-state index in [1.54, 1.807) is 0 Å². The zero-order valence-electron chi connectivity index (χ0n) is 9.76. The summed E-state index contributed by atoms with van der Waals surface area (Å²) in [7, 11) is 0. The number of hydrogen-bond donors (Lipinski definition) is 1. The molecule has 2 nitrogen and oxygen atoms in total. The lowest BCUT2D eigenvalue weighted by Crippen LogP contribution is -2.43. The minimum absolute atomic E-state index is 0.199. The number of rotatable bonds is 4. The van der Waals surface area contributed by atoms with Crippen LogP contribution in [0.5, 0.6) is 0 Å². The molecule has 88 valence electrons. The molecule has 1 aliphatic carbocycles. The molecule has 1 fully saturated rings. The summed E-state index contributed by atoms with van der Waals surface area (Å²) in [5.74, 6) is 1.56. The second-order valence-electron chi connectivity index (χ2n) is 4.81. The van der Waals surface area contributed by atoms with Gasteiger partial charge in [-0.15, -0.1) is 0 Å². The third kappa shape index (κ3) is 4.13. The Labute approximate surface area is 101 Å². The van der Waals surface area contributed by atoms with Gasteiger partial charge in [-0.1, -0.05) is 42.6 Å². The summed E-state index contributed by atoms with van der Waals surface area (Å²) >= 11 is 3.30. The van der Waals surface area contributed by atoms with Crippen LogP contribution in [0, 0.1) is 11.8 Å². The van der Waals surface area contributed by atoms with Crippen molar-refractivity contribution in [3.63, 3.8) is 0 Å². The van der Waals surface area contributed by atoms with Crippen LogP contribution < -0.4 is 5.32 Å². The minimum Gasteiger partial charge on any atom is -0.353 e. The van der Waals surface area contributed by atoms with E-state index in [2.05, 4.69) is 35.1 Å². The number of alkyl halides is 1. The fraction of sp³-hybridized carbons (Fsp3) is 0.917. The van der Waals surface area contributed by atoms with Crippen LogP contribution in [0.2, 0.25) is 0 Å². The van der Waals surface area contributed by atoms with Crippen molar-refractivity contribution < 1.29 is 4.79 Å². The molecule has 0 heterocycles. The van der Waals surface area contributed by atoms with Crippen molar-refractivity contribution in [2.75, 3.05) is 5.33 Å². The fourth-order valence-electron chi connectivity index (χ4n) is 2.50. The summed E-state index contributed by atoms with van der Waals surface area (Å²) in [5.41, 5.74) is 0. The van der Waals surface area contributed by atoms with Crippen molar-refractivity contribution in [2.45, 2.75) is 52.0 Å². The molecule has 0 radical (unpaired) electrons. The van der Waals surface area contributed by atoms with Crippen molar-refractivity contribution >= 4 is 21.8 Å². The first kappa shape index (κ1) is 13.0. The SMILES string of the molecule is CC(C)C1CCCCC1NC(=O)CCBr. The number of nitrogens with one attached hydrogen (secondary N) is 1. The molecule has 1 amide bonds. The summed E-state index contributed by atoms with van der Waals surface area (Å²) in [6.07, 6.45) is 5.63. The van der Waals surface area contributed by atoms with Gasteiger partial charge in [-0.05, 0) is 24.7 Å². The molecule has 15 heavy (non-hydrogen) atoms. The van der Waals surface area contributed by atoms with E-state index in [0.29, 0.717) is 24.3 Å². The predicted octanol–water partition coefficient (Wildman–Crippen LogP) is 3.10. The number of amides is 1. The van der Waals surface area contributed by atoms with Gasteiger partial charge in [0.15, 0.2) is 0 Å². The van der Waals surface area contributed by atoms with E-state index in [1.165, 1.54) is 19.3 Å². The lowest BCUT2D eigenvalue weighted by Gasteiger charge is -2.34. The predicted molar refractivity (Wildman–Crippen MR) is 67.1 cm³/mol. The molecule has 2 atom stereocenters. The number of carbonyl (C=O) groups is 1. The molecule has 1 aliphatic rings. The quantitative estimate of drug-likeness (QED) is 0.785. The highest BCUT2D eigenvalue weighted by Gasteiger charge is 2.28. The Kier molecular flexibility index (Phi) is 5.65. The highest BCUT2D eigenvalue weighted by Crippen LogP contribution is 2.30. The third-order valence-corrected chi connectivity index (χ3v) is 3.74. The lowest BCUT2D eigenvalue weighted by molar-refractivity contribution is -0.122. The molecule has 0 aromatic rings. The van der Waals surface area contributed by atoms with Crippen LogP contribution in [-0.4, -0.2) is 17.3 Å². The first-order chi connectivity index (χ1) is 7.15. The van der Waals surface area contributed by atoms with Crippen LogP contribution in [0.25, 0.3) is 0 Å². The minimum atomic E-state index is 0.199. The van der Waals surface area contributed by atoms with Crippen LogP contribution in [0.3, 0.4) is 0 Å². The zero-order chi connectivity index (χ0) is 11.3. The van der Waals surface area contributed by atoms with Crippen molar-refractivity contribution in [1.82, 2.24) is 5.32 Å². The molecule has 0 aromatic heterocycles. The molecular weight excluding hydrogens is 254 g/mol. The summed E-state index contributed by atoms with van der Waals surface area (Å²) < 4.78 is 0. The Bertz CT molecular complexity index is 206. The largest absolute Gasteiger partial charge is 0.353 e. The van der Waals surface area contributed by atoms with Gasteiger partial charge in [0.05, 0.1) is 0 Å². The average Bonchev–Trinajstić information content (AvgIpc) is 2.18. The van der Waals surface area contributed by atoms with Gasteiger partial charge in [-0.3, -0.25) is 4.79 Å². The second kappa shape index (κ2) is 6.51. The van der Waals surface area contributed by atoms with Crippen molar-refractivity contribution in [3.8, 4) is 0 Å². The van der Waals surface area contributed by atoms with E-state index in [4.69, 9.17) is 0 Å². The maximum atomic E-state index is 11.5. The zero-order valence-corrected chi connectivity index (χ0v) is 11.3. The van der Waals surface area contributed by atoms with Crippen molar-refractivity contribution in [3.05, 3.63) is 0 Å². The smallest absolute Gasteiger partial charge is 0.221 e. The van der Waals surface area contributed by atoms with Gasteiger partial charge in [0.1, 0.15) is 0 Å². The molecular formula is C12H22BrNO. The molecule has 0 saturated heterocycles. The van der Waals surface area contributed by atoms with Gasteiger partial charge in [0.2, 0.25) is 5.91 Å². The Morgan fingerprint density at radius 2 is 2.07 bits per heavy atom. The Hall–Kier alpha value is -0.0500. The van der Waals surface area contributed by atoms with Crippen molar-refractivity contribution in [2.24, 2.45) is 11.8 Å². The summed E-state index contributed by atoms with van der Waals surface area (Å²) in [6.45, 7) is 4.53. The van der Waals surface area contributed by atoms with Crippen LogP contribution in [-0.2, 0) is 4.79 Å². The summed E-state index contributed by atoms with van der Waals surface area (Å²) in [6, 6.07) is 0.422. The monoisotopic (exact) mass is 275 g/mol. The van der Waals surface area contributed by atoms with Crippen molar-refractivity contribution in [1.29, 1.82) is 0 Å². The molecule has 0 bridgehead atoms. The molecule has 0 spiro atoms. The first-order valence-corrected chi connectivity index (χ1v) is 7.12. The normalized spacial score (nSPS) is 26.7. The highest BCUT2D eigenvalue weighted by molar-refractivity contribution is 9.09. The van der Waals surface area contributed by atoms with E-state index in [1.807, 2.05) is 0 Å². The molecule has 1 N–H and O–H groups in total. The summed E-state index contributed by atoms with van der Waals surface area (Å²) in [5, 5.41) is 3.94. The Morgan fingerprint density at radius 1 is 1.40 bits per heavy atom. The van der Waals surface area contributed by atoms with Gasteiger partial charge in [-0.25, -0.2) is 0 Å². The fourth-order valence-corrected chi connectivity index (χ4v) is 2.86. The number of hydrogen-bond acceptors (Lipinski definition) is 1. The first-order valence-electron chi connectivity index (χ1n) is 6.00. The maximum absolute atomic E-state index is 11.5. The van der Waals surface area contributed by atoms with Crippen LogP contribution in [0.4, 0.5) is 0 Å². The van der Waals surface area contributed by atoms with E-state index in [-0.39, 0.29) is 5.91 Å². The van der Waals surface area contributed by atoms with E-state index in [9.17, 15) is 4.79 Å². The topological polar surface area (TPSA) is 29.1 Å². The molecule has 0 aromatic carbocycles. The Balaban J connectivity index is 2.45. The van der Waals surface area contributed by atoms with Crippen LogP contribution in [0.15, 0.2) is 0 Å².